The van der Waals surface area contributed by atoms with Gasteiger partial charge in [0.2, 0.25) is 0 Å². The van der Waals surface area contributed by atoms with E-state index in [-0.39, 0.29) is 6.03 Å². The summed E-state index contributed by atoms with van der Waals surface area (Å²) < 4.78 is 2.08. The number of hydrogen-bond donors (Lipinski definition) is 1. The molecule has 24 heavy (non-hydrogen) atoms. The zero-order chi connectivity index (χ0) is 16.4. The standard InChI is InChI=1S/C17H25N5OS/c23-16(19-14-4-2-1-3-5-14)21-10-8-20(9-11-21)12-15-13-22-7-6-18-17(22)24-15/h6-7,13-14H,1-5,8-12H2,(H,19,23). The van der Waals surface area contributed by atoms with Crippen molar-refractivity contribution >= 4 is 22.3 Å². The van der Waals surface area contributed by atoms with Crippen LogP contribution in [-0.4, -0.2) is 57.4 Å². The molecule has 1 N–H and O–H groups in total. The predicted octanol–water partition coefficient (Wildman–Crippen LogP) is 2.56. The minimum atomic E-state index is 0.135. The minimum Gasteiger partial charge on any atom is -0.335 e. The van der Waals surface area contributed by atoms with Crippen LogP contribution < -0.4 is 5.32 Å². The average molecular weight is 347 g/mol. The molecule has 0 bridgehead atoms. The minimum absolute atomic E-state index is 0.135. The molecule has 2 fully saturated rings. The summed E-state index contributed by atoms with van der Waals surface area (Å²) >= 11 is 1.75. The van der Waals surface area contributed by atoms with Gasteiger partial charge in [0, 0.05) is 62.2 Å². The highest BCUT2D eigenvalue weighted by atomic mass is 32.1. The number of aromatic nitrogens is 2. The molecule has 130 valence electrons. The van der Waals surface area contributed by atoms with Crippen LogP contribution in [0.1, 0.15) is 37.0 Å². The molecule has 1 aliphatic carbocycles. The molecule has 0 radical (unpaired) electrons. The second-order valence-electron chi connectivity index (χ2n) is 6.86. The first-order valence-electron chi connectivity index (χ1n) is 8.97. The fraction of sp³-hybridized carbons (Fsp3) is 0.647. The fourth-order valence-electron chi connectivity index (χ4n) is 3.69. The number of urea groups is 1. The Balaban J connectivity index is 1.25. The number of fused-ring (bicyclic) bond motifs is 1. The SMILES string of the molecule is O=C(NC1CCCCC1)N1CCN(Cc2cn3ccnc3s2)CC1. The molecule has 0 unspecified atom stereocenters. The molecule has 1 saturated carbocycles. The molecule has 1 saturated heterocycles. The summed E-state index contributed by atoms with van der Waals surface area (Å²) in [6, 6.07) is 0.530. The molecule has 2 aromatic heterocycles. The van der Waals surface area contributed by atoms with E-state index >= 15 is 0 Å². The topological polar surface area (TPSA) is 52.9 Å². The molecule has 0 atom stereocenters. The summed E-state index contributed by atoms with van der Waals surface area (Å²) in [4.78, 5) is 23.5. The molecule has 6 nitrogen and oxygen atoms in total. The number of nitrogens with zero attached hydrogens (tertiary/aromatic N) is 4. The summed E-state index contributed by atoms with van der Waals surface area (Å²) in [6.07, 6.45) is 12.1. The van der Waals surface area contributed by atoms with E-state index in [1.807, 2.05) is 17.3 Å². The van der Waals surface area contributed by atoms with Crippen molar-refractivity contribution in [2.45, 2.75) is 44.7 Å². The third-order valence-electron chi connectivity index (χ3n) is 5.11. The van der Waals surface area contributed by atoms with Gasteiger partial charge in [0.25, 0.3) is 0 Å². The number of carbonyl (C=O) groups is 1. The van der Waals surface area contributed by atoms with Crippen LogP contribution in [-0.2, 0) is 6.54 Å². The molecule has 0 aromatic carbocycles. The quantitative estimate of drug-likeness (QED) is 0.928. The summed E-state index contributed by atoms with van der Waals surface area (Å²) in [6.45, 7) is 4.48. The Hall–Kier alpha value is -1.60. The Morgan fingerprint density at radius 1 is 1.21 bits per heavy atom. The third kappa shape index (κ3) is 3.57. The molecule has 7 heteroatoms. The van der Waals surface area contributed by atoms with Crippen LogP contribution in [0.2, 0.25) is 0 Å². The molecule has 2 aliphatic rings. The lowest BCUT2D eigenvalue weighted by Gasteiger charge is -2.35. The summed E-state index contributed by atoms with van der Waals surface area (Å²) in [5, 5.41) is 3.23. The van der Waals surface area contributed by atoms with Gasteiger partial charge in [-0.3, -0.25) is 9.30 Å². The maximum absolute atomic E-state index is 12.4. The van der Waals surface area contributed by atoms with Gasteiger partial charge in [-0.2, -0.15) is 0 Å². The van der Waals surface area contributed by atoms with E-state index in [4.69, 9.17) is 0 Å². The fourth-order valence-corrected chi connectivity index (χ4v) is 4.67. The molecule has 3 heterocycles. The summed E-state index contributed by atoms with van der Waals surface area (Å²) in [5.41, 5.74) is 0. The number of rotatable bonds is 3. The van der Waals surface area contributed by atoms with E-state index in [2.05, 4.69) is 25.8 Å². The van der Waals surface area contributed by atoms with Crippen molar-refractivity contribution in [2.75, 3.05) is 26.2 Å². The van der Waals surface area contributed by atoms with E-state index in [0.717, 1.165) is 50.5 Å². The van der Waals surface area contributed by atoms with Gasteiger partial charge in [0.15, 0.2) is 4.96 Å². The van der Waals surface area contributed by atoms with E-state index < -0.39 is 0 Å². The van der Waals surface area contributed by atoms with Crippen LogP contribution in [0.15, 0.2) is 18.6 Å². The van der Waals surface area contributed by atoms with Crippen LogP contribution >= 0.6 is 11.3 Å². The Labute approximate surface area is 146 Å². The zero-order valence-corrected chi connectivity index (χ0v) is 14.8. The lowest BCUT2D eigenvalue weighted by atomic mass is 9.96. The highest BCUT2D eigenvalue weighted by molar-refractivity contribution is 7.17. The smallest absolute Gasteiger partial charge is 0.317 e. The normalized spacial score (nSPS) is 20.6. The largest absolute Gasteiger partial charge is 0.335 e. The predicted molar refractivity (Wildman–Crippen MR) is 95.3 cm³/mol. The van der Waals surface area contributed by atoms with Crippen LogP contribution in [0.4, 0.5) is 4.79 Å². The number of thiazole rings is 1. The van der Waals surface area contributed by atoms with Gasteiger partial charge in [-0.25, -0.2) is 9.78 Å². The molecular weight excluding hydrogens is 322 g/mol. The number of carbonyl (C=O) groups excluding carboxylic acids is 1. The van der Waals surface area contributed by atoms with Crippen LogP contribution in [0.25, 0.3) is 4.96 Å². The number of nitrogens with one attached hydrogen (secondary N) is 1. The lowest BCUT2D eigenvalue weighted by Crippen LogP contribution is -2.53. The summed E-state index contributed by atoms with van der Waals surface area (Å²) in [5.74, 6) is 0. The lowest BCUT2D eigenvalue weighted by molar-refractivity contribution is 0.132. The highest BCUT2D eigenvalue weighted by Crippen LogP contribution is 2.20. The van der Waals surface area contributed by atoms with E-state index in [1.54, 1.807) is 11.3 Å². The third-order valence-corrected chi connectivity index (χ3v) is 6.11. The van der Waals surface area contributed by atoms with Crippen molar-refractivity contribution in [3.8, 4) is 0 Å². The first-order chi connectivity index (χ1) is 11.8. The van der Waals surface area contributed by atoms with Crippen LogP contribution in [0, 0.1) is 0 Å². The van der Waals surface area contributed by atoms with Crippen LogP contribution in [0.3, 0.4) is 0 Å². The Morgan fingerprint density at radius 2 is 2.00 bits per heavy atom. The van der Waals surface area contributed by atoms with Gasteiger partial charge < -0.3 is 10.2 Å². The van der Waals surface area contributed by atoms with Gasteiger partial charge >= 0.3 is 6.03 Å². The van der Waals surface area contributed by atoms with Crippen molar-refractivity contribution in [1.82, 2.24) is 24.5 Å². The second-order valence-corrected chi connectivity index (χ2v) is 7.96. The average Bonchev–Trinajstić information content (AvgIpc) is 3.18. The molecule has 0 spiro atoms. The van der Waals surface area contributed by atoms with Gasteiger partial charge in [0.05, 0.1) is 0 Å². The maximum Gasteiger partial charge on any atom is 0.317 e. The van der Waals surface area contributed by atoms with E-state index in [0.29, 0.717) is 6.04 Å². The Bertz CT molecular complexity index is 654. The van der Waals surface area contributed by atoms with E-state index in [1.165, 1.54) is 24.1 Å². The van der Waals surface area contributed by atoms with Gasteiger partial charge in [0.1, 0.15) is 0 Å². The molecule has 4 rings (SSSR count). The monoisotopic (exact) mass is 347 g/mol. The maximum atomic E-state index is 12.4. The first kappa shape index (κ1) is 15.9. The Morgan fingerprint density at radius 3 is 2.75 bits per heavy atom. The number of hydrogen-bond acceptors (Lipinski definition) is 4. The Kier molecular flexibility index (Phi) is 4.71. The second kappa shape index (κ2) is 7.11. The zero-order valence-electron chi connectivity index (χ0n) is 14.0. The number of imidazole rings is 1. The van der Waals surface area contributed by atoms with Gasteiger partial charge in [-0.05, 0) is 12.8 Å². The van der Waals surface area contributed by atoms with Crippen molar-refractivity contribution in [3.05, 3.63) is 23.5 Å². The van der Waals surface area contributed by atoms with Crippen molar-refractivity contribution in [3.63, 3.8) is 0 Å². The summed E-state index contributed by atoms with van der Waals surface area (Å²) in [7, 11) is 0. The van der Waals surface area contributed by atoms with Gasteiger partial charge in [-0.15, -0.1) is 0 Å². The van der Waals surface area contributed by atoms with Crippen molar-refractivity contribution in [1.29, 1.82) is 0 Å². The van der Waals surface area contributed by atoms with Crippen molar-refractivity contribution in [2.24, 2.45) is 0 Å². The molecule has 2 amide bonds. The van der Waals surface area contributed by atoms with Crippen LogP contribution in [0.5, 0.6) is 0 Å². The number of piperazine rings is 1. The van der Waals surface area contributed by atoms with Crippen molar-refractivity contribution < 1.29 is 4.79 Å². The number of amides is 2. The highest BCUT2D eigenvalue weighted by Gasteiger charge is 2.24. The first-order valence-corrected chi connectivity index (χ1v) is 9.79. The molecular formula is C17H25N5OS. The molecule has 2 aromatic rings. The van der Waals surface area contributed by atoms with E-state index in [9.17, 15) is 4.79 Å². The molecule has 1 aliphatic heterocycles. The van der Waals surface area contributed by atoms with Gasteiger partial charge in [-0.1, -0.05) is 30.6 Å².